The van der Waals surface area contributed by atoms with E-state index in [4.69, 9.17) is 16.7 Å². The fourth-order valence-corrected chi connectivity index (χ4v) is 2.57. The third-order valence-electron chi connectivity index (χ3n) is 2.49. The van der Waals surface area contributed by atoms with Crippen molar-refractivity contribution >= 4 is 28.8 Å². The average molecular weight is 284 g/mol. The molecule has 0 saturated carbocycles. The number of hydrogen-bond acceptors (Lipinski definition) is 5. The maximum absolute atomic E-state index is 9.01. The van der Waals surface area contributed by atoms with Gasteiger partial charge in [-0.2, -0.15) is 0 Å². The van der Waals surface area contributed by atoms with Crippen LogP contribution in [0.4, 0.5) is 5.82 Å². The highest BCUT2D eigenvalue weighted by molar-refractivity contribution is 7.09. The zero-order chi connectivity index (χ0) is 13.1. The lowest BCUT2D eigenvalue weighted by Crippen LogP contribution is -2.18. The second kappa shape index (κ2) is 5.65. The third-order valence-corrected chi connectivity index (χ3v) is 3.59. The van der Waals surface area contributed by atoms with Crippen LogP contribution < -0.4 is 4.90 Å². The van der Waals surface area contributed by atoms with E-state index in [0.29, 0.717) is 22.9 Å². The number of thiazole rings is 1. The molecular weight excluding hydrogens is 270 g/mol. The molecule has 0 aliphatic carbocycles. The number of anilines is 1. The standard InChI is InChI=1S/C12H14ClN3OS/c1-8-15-10(7-18-8)5-16(2)12-11(13)3-9(6-17)4-14-12/h3-4,7,17H,5-6H2,1-2H3. The molecule has 0 bridgehead atoms. The van der Waals surface area contributed by atoms with Crippen molar-refractivity contribution in [2.45, 2.75) is 20.1 Å². The van der Waals surface area contributed by atoms with Crippen LogP contribution in [-0.2, 0) is 13.2 Å². The van der Waals surface area contributed by atoms with Crippen LogP contribution >= 0.6 is 22.9 Å². The molecule has 2 aromatic heterocycles. The predicted molar refractivity (Wildman–Crippen MR) is 74.1 cm³/mol. The summed E-state index contributed by atoms with van der Waals surface area (Å²) in [6.45, 7) is 2.59. The van der Waals surface area contributed by atoms with Crippen molar-refractivity contribution < 1.29 is 5.11 Å². The maximum atomic E-state index is 9.01. The Labute approximate surface area is 115 Å². The van der Waals surface area contributed by atoms with Gasteiger partial charge in [0, 0.05) is 18.6 Å². The number of aromatic nitrogens is 2. The molecule has 96 valence electrons. The van der Waals surface area contributed by atoms with Gasteiger partial charge in [0.25, 0.3) is 0 Å². The quantitative estimate of drug-likeness (QED) is 0.937. The minimum absolute atomic E-state index is 0.0536. The van der Waals surface area contributed by atoms with Crippen LogP contribution in [0.2, 0.25) is 5.02 Å². The summed E-state index contributed by atoms with van der Waals surface area (Å²) in [6.07, 6.45) is 1.63. The van der Waals surface area contributed by atoms with E-state index in [0.717, 1.165) is 10.7 Å². The minimum Gasteiger partial charge on any atom is -0.392 e. The van der Waals surface area contributed by atoms with Crippen LogP contribution in [0, 0.1) is 6.92 Å². The number of hydrogen-bond donors (Lipinski definition) is 1. The van der Waals surface area contributed by atoms with E-state index in [1.807, 2.05) is 24.3 Å². The summed E-state index contributed by atoms with van der Waals surface area (Å²) >= 11 is 7.77. The Morgan fingerprint density at radius 2 is 2.28 bits per heavy atom. The highest BCUT2D eigenvalue weighted by atomic mass is 35.5. The Hall–Kier alpha value is -1.17. The smallest absolute Gasteiger partial charge is 0.147 e. The molecule has 0 atom stereocenters. The summed E-state index contributed by atoms with van der Waals surface area (Å²) in [7, 11) is 1.92. The molecule has 0 saturated heterocycles. The van der Waals surface area contributed by atoms with Crippen LogP contribution in [0.1, 0.15) is 16.3 Å². The lowest BCUT2D eigenvalue weighted by Gasteiger charge is -2.18. The van der Waals surface area contributed by atoms with Gasteiger partial charge in [-0.05, 0) is 18.6 Å². The van der Waals surface area contributed by atoms with Crippen molar-refractivity contribution in [1.29, 1.82) is 0 Å². The van der Waals surface area contributed by atoms with Crippen molar-refractivity contribution in [3.05, 3.63) is 38.9 Å². The molecular formula is C12H14ClN3OS. The van der Waals surface area contributed by atoms with Gasteiger partial charge in [-0.1, -0.05) is 11.6 Å². The van der Waals surface area contributed by atoms with Crippen molar-refractivity contribution in [2.75, 3.05) is 11.9 Å². The first-order chi connectivity index (χ1) is 8.60. The normalized spacial score (nSPS) is 10.7. The van der Waals surface area contributed by atoms with Crippen molar-refractivity contribution in [2.24, 2.45) is 0 Å². The van der Waals surface area contributed by atoms with E-state index in [9.17, 15) is 0 Å². The first-order valence-corrected chi connectivity index (χ1v) is 6.73. The summed E-state index contributed by atoms with van der Waals surface area (Å²) in [6, 6.07) is 1.73. The third kappa shape index (κ3) is 2.98. The molecule has 2 heterocycles. The first kappa shape index (κ1) is 13.3. The average Bonchev–Trinajstić information content (AvgIpc) is 2.74. The van der Waals surface area contributed by atoms with Crippen molar-refractivity contribution in [1.82, 2.24) is 9.97 Å². The zero-order valence-electron chi connectivity index (χ0n) is 10.2. The molecule has 0 aromatic carbocycles. The molecule has 0 unspecified atom stereocenters. The minimum atomic E-state index is -0.0536. The van der Waals surface area contributed by atoms with E-state index in [-0.39, 0.29) is 6.61 Å². The molecule has 0 spiro atoms. The van der Waals surface area contributed by atoms with Gasteiger partial charge in [-0.15, -0.1) is 11.3 Å². The molecule has 0 amide bonds. The molecule has 0 radical (unpaired) electrons. The van der Waals surface area contributed by atoms with Crippen LogP contribution in [0.15, 0.2) is 17.6 Å². The molecule has 2 aromatic rings. The molecule has 0 fully saturated rings. The zero-order valence-corrected chi connectivity index (χ0v) is 11.8. The Bertz CT molecular complexity index is 544. The van der Waals surface area contributed by atoms with Crippen LogP contribution in [0.5, 0.6) is 0 Å². The molecule has 18 heavy (non-hydrogen) atoms. The Morgan fingerprint density at radius 1 is 1.50 bits per heavy atom. The number of nitrogens with zero attached hydrogens (tertiary/aromatic N) is 3. The van der Waals surface area contributed by atoms with Gasteiger partial charge in [0.05, 0.1) is 28.9 Å². The highest BCUT2D eigenvalue weighted by Crippen LogP contribution is 2.24. The Kier molecular flexibility index (Phi) is 4.16. The van der Waals surface area contributed by atoms with E-state index in [1.54, 1.807) is 23.6 Å². The maximum Gasteiger partial charge on any atom is 0.147 e. The number of aliphatic hydroxyl groups is 1. The fraction of sp³-hybridized carbons (Fsp3) is 0.333. The number of pyridine rings is 1. The van der Waals surface area contributed by atoms with Gasteiger partial charge in [0.1, 0.15) is 5.82 Å². The van der Waals surface area contributed by atoms with Gasteiger partial charge >= 0.3 is 0 Å². The number of aryl methyl sites for hydroxylation is 1. The van der Waals surface area contributed by atoms with E-state index < -0.39 is 0 Å². The predicted octanol–water partition coefficient (Wildman–Crippen LogP) is 2.63. The summed E-state index contributed by atoms with van der Waals surface area (Å²) in [5.74, 6) is 0.694. The van der Waals surface area contributed by atoms with Crippen LogP contribution in [-0.4, -0.2) is 22.1 Å². The summed E-state index contributed by atoms with van der Waals surface area (Å²) in [4.78, 5) is 10.6. The molecule has 0 aliphatic heterocycles. The SMILES string of the molecule is Cc1nc(CN(C)c2ncc(CO)cc2Cl)cs1. The molecule has 2 rings (SSSR count). The largest absolute Gasteiger partial charge is 0.392 e. The summed E-state index contributed by atoms with van der Waals surface area (Å²) in [5, 5.41) is 12.6. The molecule has 6 heteroatoms. The van der Waals surface area contributed by atoms with Crippen molar-refractivity contribution in [3.8, 4) is 0 Å². The first-order valence-electron chi connectivity index (χ1n) is 5.47. The van der Waals surface area contributed by atoms with Crippen LogP contribution in [0.25, 0.3) is 0 Å². The topological polar surface area (TPSA) is 49.2 Å². The fourth-order valence-electron chi connectivity index (χ4n) is 1.64. The summed E-state index contributed by atoms with van der Waals surface area (Å²) in [5.41, 5.74) is 1.71. The Balaban J connectivity index is 2.15. The van der Waals surface area contributed by atoms with Gasteiger partial charge in [-0.25, -0.2) is 9.97 Å². The molecule has 1 N–H and O–H groups in total. The van der Waals surface area contributed by atoms with E-state index in [1.165, 1.54) is 0 Å². The lowest BCUT2D eigenvalue weighted by atomic mass is 10.3. The summed E-state index contributed by atoms with van der Waals surface area (Å²) < 4.78 is 0. The monoisotopic (exact) mass is 283 g/mol. The van der Waals surface area contributed by atoms with E-state index >= 15 is 0 Å². The number of rotatable bonds is 4. The van der Waals surface area contributed by atoms with Gasteiger partial charge in [-0.3, -0.25) is 0 Å². The molecule has 0 aliphatic rings. The van der Waals surface area contributed by atoms with E-state index in [2.05, 4.69) is 9.97 Å². The van der Waals surface area contributed by atoms with Gasteiger partial charge in [0.2, 0.25) is 0 Å². The Morgan fingerprint density at radius 3 is 2.83 bits per heavy atom. The van der Waals surface area contributed by atoms with Gasteiger partial charge < -0.3 is 10.0 Å². The van der Waals surface area contributed by atoms with Crippen LogP contribution in [0.3, 0.4) is 0 Å². The second-order valence-corrected chi connectivity index (χ2v) is 5.49. The highest BCUT2D eigenvalue weighted by Gasteiger charge is 2.10. The second-order valence-electron chi connectivity index (χ2n) is 4.02. The number of halogens is 1. The van der Waals surface area contributed by atoms with Crippen molar-refractivity contribution in [3.63, 3.8) is 0 Å². The molecule has 4 nitrogen and oxygen atoms in total. The lowest BCUT2D eigenvalue weighted by molar-refractivity contribution is 0.281. The number of aliphatic hydroxyl groups excluding tert-OH is 1. The van der Waals surface area contributed by atoms with Gasteiger partial charge in [0.15, 0.2) is 0 Å².